The van der Waals surface area contributed by atoms with E-state index in [4.69, 9.17) is 32.5 Å². The van der Waals surface area contributed by atoms with Crippen LogP contribution in [0.4, 0.5) is 0 Å². The van der Waals surface area contributed by atoms with Crippen molar-refractivity contribution in [2.75, 3.05) is 32.9 Å². The van der Waals surface area contributed by atoms with Crippen LogP contribution in [-0.4, -0.2) is 76.9 Å². The van der Waals surface area contributed by atoms with Crippen LogP contribution in [-0.2, 0) is 59.9 Å². The van der Waals surface area contributed by atoms with E-state index in [2.05, 4.69) is 4.98 Å². The summed E-state index contributed by atoms with van der Waals surface area (Å²) < 4.78 is 54.7. The number of rotatable bonds is 20. The van der Waals surface area contributed by atoms with Gasteiger partial charge in [-0.1, -0.05) is 96.1 Å². The second-order valence-corrected chi connectivity index (χ2v) is 16.6. The Kier molecular flexibility index (Phi) is 15.7. The fourth-order valence-electron chi connectivity index (χ4n) is 4.92. The monoisotopic (exact) mass is 782 g/mol. The molecule has 2 aromatic carbocycles. The third-order valence-electron chi connectivity index (χ3n) is 7.72. The maximum atomic E-state index is 14.0. The summed E-state index contributed by atoms with van der Waals surface area (Å²) >= 11 is 0. The van der Waals surface area contributed by atoms with Gasteiger partial charge in [-0.05, 0) is 18.1 Å². The van der Waals surface area contributed by atoms with Crippen LogP contribution in [0.15, 0.2) is 76.4 Å². The summed E-state index contributed by atoms with van der Waals surface area (Å²) in [5.41, 5.74) is -2.13. The molecule has 0 amide bonds. The Morgan fingerprint density at radius 2 is 1.62 bits per heavy atom. The first-order valence-corrected chi connectivity index (χ1v) is 20.1. The van der Waals surface area contributed by atoms with E-state index in [-0.39, 0.29) is 36.4 Å². The molecule has 4 rings (SSSR count). The number of esters is 2. The summed E-state index contributed by atoms with van der Waals surface area (Å²) in [6.45, 7) is 2.99. The minimum Gasteiger partial charge on any atom is -0.460 e. The molecule has 1 aliphatic rings. The molecule has 0 radical (unpaired) electrons. The lowest BCUT2D eigenvalue weighted by Gasteiger charge is -2.30. The molecule has 4 atom stereocenters. The molecule has 1 aromatic heterocycles. The highest BCUT2D eigenvalue weighted by Gasteiger charge is 2.53. The molecule has 0 saturated carbocycles. The normalized spacial score (nSPS) is 18.6. The van der Waals surface area contributed by atoms with Gasteiger partial charge in [0, 0.05) is 30.5 Å². The molecule has 2 unspecified atom stereocenters. The zero-order valence-corrected chi connectivity index (χ0v) is 31.7. The lowest BCUT2D eigenvalue weighted by atomic mass is 9.90. The molecule has 2 N–H and O–H groups in total. The van der Waals surface area contributed by atoms with E-state index >= 15 is 0 Å². The second kappa shape index (κ2) is 19.7. The van der Waals surface area contributed by atoms with E-state index < -0.39 is 74.7 Å². The van der Waals surface area contributed by atoms with Gasteiger partial charge in [0.1, 0.15) is 37.6 Å². The number of carbonyl (C=O) groups is 2. The van der Waals surface area contributed by atoms with E-state index in [0.29, 0.717) is 11.1 Å². The van der Waals surface area contributed by atoms with Crippen molar-refractivity contribution in [1.29, 1.82) is 0 Å². The lowest BCUT2D eigenvalue weighted by molar-refractivity contribution is -0.182. The topological polar surface area (TPSA) is 191 Å². The summed E-state index contributed by atoms with van der Waals surface area (Å²) in [5, 5.41) is 10.3. The molecule has 1 saturated heterocycles. The number of ether oxygens (including phenoxy) is 4. The number of carbonyl (C=O) groups excluding carboxylic acids is 2. The highest BCUT2D eigenvalue weighted by Crippen LogP contribution is 2.53. The first kappa shape index (κ1) is 41.5. The van der Waals surface area contributed by atoms with Gasteiger partial charge in [0.2, 0.25) is 5.41 Å². The highest BCUT2D eigenvalue weighted by molar-refractivity contribution is 8.76. The van der Waals surface area contributed by atoms with Gasteiger partial charge in [0.25, 0.3) is 5.56 Å². The van der Waals surface area contributed by atoms with Crippen LogP contribution in [0.5, 0.6) is 0 Å². The molecular formula is C34H43N2O13PS2. The number of nitrogens with one attached hydrogen (secondary N) is 1. The quantitative estimate of drug-likeness (QED) is 0.0406. The number of phosphoric ester groups is 1. The number of benzene rings is 2. The number of nitrogens with zero attached hydrogens (tertiary/aromatic N) is 1. The van der Waals surface area contributed by atoms with Crippen molar-refractivity contribution in [2.45, 2.75) is 64.1 Å². The summed E-state index contributed by atoms with van der Waals surface area (Å²) in [6.07, 6.45) is -2.12. The van der Waals surface area contributed by atoms with E-state index in [1.807, 2.05) is 13.8 Å². The minimum atomic E-state index is -4.65. The number of H-pyrrole nitrogens is 1. The number of aliphatic hydroxyl groups excluding tert-OH is 1. The molecule has 15 nitrogen and oxygen atoms in total. The largest absolute Gasteiger partial charge is 0.474 e. The van der Waals surface area contributed by atoms with Crippen molar-refractivity contribution < 1.29 is 51.8 Å². The Hall–Kier alpha value is -3.25. The Morgan fingerprint density at radius 1 is 1.02 bits per heavy atom. The van der Waals surface area contributed by atoms with Crippen LogP contribution in [0, 0.1) is 12.3 Å². The molecule has 52 heavy (non-hydrogen) atoms. The minimum absolute atomic E-state index is 0.0730. The van der Waals surface area contributed by atoms with Gasteiger partial charge in [-0.15, -0.1) is 0 Å². The van der Waals surface area contributed by atoms with E-state index in [0.717, 1.165) is 11.7 Å². The zero-order chi connectivity index (χ0) is 37.7. The molecule has 0 bridgehead atoms. The van der Waals surface area contributed by atoms with Gasteiger partial charge < -0.3 is 24.1 Å². The van der Waals surface area contributed by atoms with Gasteiger partial charge in [-0.3, -0.25) is 37.5 Å². The lowest BCUT2D eigenvalue weighted by Crippen LogP contribution is -2.49. The van der Waals surface area contributed by atoms with Crippen molar-refractivity contribution in [3.8, 4) is 0 Å². The predicted octanol–water partition coefficient (Wildman–Crippen LogP) is 4.52. The number of aryl methyl sites for hydroxylation is 1. The summed E-state index contributed by atoms with van der Waals surface area (Å²) in [6, 6.07) is 17.6. The number of aromatic nitrogens is 2. The fraction of sp³-hybridized carbons (Fsp3) is 0.471. The van der Waals surface area contributed by atoms with Gasteiger partial charge in [0.15, 0.2) is 0 Å². The van der Waals surface area contributed by atoms with Gasteiger partial charge in [0.05, 0.1) is 19.8 Å². The summed E-state index contributed by atoms with van der Waals surface area (Å²) in [4.78, 5) is 54.6. The molecule has 1 aliphatic heterocycles. The Morgan fingerprint density at radius 3 is 2.15 bits per heavy atom. The second-order valence-electron chi connectivity index (χ2n) is 12.0. The number of phosphoric acid groups is 1. The molecule has 0 spiro atoms. The first-order chi connectivity index (χ1) is 24.9. The molecule has 1 fully saturated rings. The van der Waals surface area contributed by atoms with E-state index in [1.54, 1.807) is 60.7 Å². The van der Waals surface area contributed by atoms with Crippen molar-refractivity contribution in [3.05, 3.63) is 104 Å². The average molecular weight is 783 g/mol. The van der Waals surface area contributed by atoms with Crippen LogP contribution in [0.3, 0.4) is 0 Å². The fourth-order valence-corrected chi connectivity index (χ4v) is 7.78. The zero-order valence-electron chi connectivity index (χ0n) is 29.2. The summed E-state index contributed by atoms with van der Waals surface area (Å²) in [7, 11) is -0.722. The number of hydrogen-bond acceptors (Lipinski definition) is 15. The summed E-state index contributed by atoms with van der Waals surface area (Å²) in [5.74, 6) is -2.06. The molecular weight excluding hydrogens is 739 g/mol. The maximum absolute atomic E-state index is 14.0. The van der Waals surface area contributed by atoms with Gasteiger partial charge in [-0.25, -0.2) is 9.36 Å². The molecule has 284 valence electrons. The molecule has 0 aliphatic carbocycles. The SMILES string of the molecule is COP(=O)(OCC(COCSSC(C)C)(C(=O)OCc1ccccc1)C(=O)OCc1ccccc1)OC1C[C@H](n2cc(C)c(=O)[nH]c2=O)O[C@@H]1CO. The first-order valence-electron chi connectivity index (χ1n) is 16.2. The van der Waals surface area contributed by atoms with Crippen LogP contribution < -0.4 is 11.2 Å². The molecule has 2 heterocycles. The Bertz CT molecular complexity index is 1720. The van der Waals surface area contributed by atoms with Crippen LogP contribution in [0.25, 0.3) is 0 Å². The van der Waals surface area contributed by atoms with Gasteiger partial charge in [-0.2, -0.15) is 0 Å². The van der Waals surface area contributed by atoms with Crippen molar-refractivity contribution in [1.82, 2.24) is 9.55 Å². The smallest absolute Gasteiger partial charge is 0.460 e. The highest BCUT2D eigenvalue weighted by atomic mass is 33.1. The number of hydrogen-bond donors (Lipinski definition) is 2. The van der Waals surface area contributed by atoms with Crippen LogP contribution in [0.2, 0.25) is 0 Å². The third kappa shape index (κ3) is 11.4. The van der Waals surface area contributed by atoms with Crippen molar-refractivity contribution in [2.24, 2.45) is 5.41 Å². The molecule has 3 aromatic rings. The van der Waals surface area contributed by atoms with Crippen molar-refractivity contribution in [3.63, 3.8) is 0 Å². The maximum Gasteiger partial charge on any atom is 0.474 e. The van der Waals surface area contributed by atoms with E-state index in [9.17, 15) is 28.8 Å². The van der Waals surface area contributed by atoms with E-state index in [1.165, 1.54) is 34.7 Å². The average Bonchev–Trinajstić information content (AvgIpc) is 3.54. The number of aromatic amines is 1. The van der Waals surface area contributed by atoms with Crippen molar-refractivity contribution >= 4 is 41.3 Å². The molecule has 18 heteroatoms. The Balaban J connectivity index is 1.60. The van der Waals surface area contributed by atoms with Gasteiger partial charge >= 0.3 is 25.5 Å². The third-order valence-corrected chi connectivity index (χ3v) is 11.8. The number of aliphatic hydroxyl groups is 1. The predicted molar refractivity (Wildman–Crippen MR) is 193 cm³/mol. The van der Waals surface area contributed by atoms with Crippen LogP contribution in [0.1, 0.15) is 43.2 Å². The Labute approximate surface area is 308 Å². The van der Waals surface area contributed by atoms with Crippen LogP contribution >= 0.6 is 29.4 Å². The standard InChI is InChI=1S/C34H43N2O13PS2/c1-23(2)52-51-22-44-20-34(31(39)45-18-25-11-7-5-8-12-25,32(40)46-19-26-13-9-6-10-14-26)21-47-50(42,43-4)49-27-15-29(48-28(27)17-37)36-16-24(3)30(38)35-33(36)41/h5-14,16,23,27-29,37H,15,17-22H2,1-4H3,(H,35,38,41)/t27?,28-,29-,50?/m1/s1.